The van der Waals surface area contributed by atoms with Gasteiger partial charge in [-0.25, -0.2) is 4.98 Å². The molecule has 0 saturated heterocycles. The van der Waals surface area contributed by atoms with Crippen LogP contribution in [0.5, 0.6) is 11.6 Å². The Morgan fingerprint density at radius 2 is 2.20 bits per heavy atom. The van der Waals surface area contributed by atoms with Crippen molar-refractivity contribution in [2.75, 3.05) is 12.4 Å². The number of hydrogen-bond acceptors (Lipinski definition) is 7. The summed E-state index contributed by atoms with van der Waals surface area (Å²) < 4.78 is 7.11. The Morgan fingerprint density at radius 3 is 2.75 bits per heavy atom. The molecule has 0 spiro atoms. The van der Waals surface area contributed by atoms with Crippen molar-refractivity contribution in [3.8, 4) is 11.6 Å². The Labute approximate surface area is 114 Å². The van der Waals surface area contributed by atoms with Gasteiger partial charge in [0.05, 0.1) is 17.3 Å². The van der Waals surface area contributed by atoms with E-state index in [4.69, 9.17) is 4.74 Å². The molecular weight excluding hydrogens is 264 g/mol. The number of hydrogen-bond donors (Lipinski definition) is 1. The van der Waals surface area contributed by atoms with Gasteiger partial charge in [-0.1, -0.05) is 0 Å². The van der Waals surface area contributed by atoms with Crippen LogP contribution in [0, 0.1) is 10.1 Å². The van der Waals surface area contributed by atoms with Crippen LogP contribution in [0.3, 0.4) is 0 Å². The van der Waals surface area contributed by atoms with Crippen molar-refractivity contribution in [1.82, 2.24) is 19.7 Å². The zero-order valence-electron chi connectivity index (χ0n) is 11.3. The standard InChI is InChI=1S/C11H14N6O3/c1-7(2)16-5-8(4-15-16)20-11-9(17(18)19)10(12-3)13-6-14-11/h4-7H,1-3H3,(H,12,13,14). The highest BCUT2D eigenvalue weighted by molar-refractivity contribution is 5.61. The molecule has 2 aromatic rings. The minimum atomic E-state index is -0.589. The fraction of sp³-hybridized carbons (Fsp3) is 0.364. The molecule has 0 atom stereocenters. The van der Waals surface area contributed by atoms with E-state index >= 15 is 0 Å². The van der Waals surface area contributed by atoms with Crippen LogP contribution in [0.25, 0.3) is 0 Å². The normalized spacial score (nSPS) is 10.6. The van der Waals surface area contributed by atoms with Gasteiger partial charge in [0, 0.05) is 13.1 Å². The van der Waals surface area contributed by atoms with Crippen molar-refractivity contribution in [3.63, 3.8) is 0 Å². The number of nitrogens with zero attached hydrogens (tertiary/aromatic N) is 5. The molecule has 2 heterocycles. The molecule has 0 fully saturated rings. The first-order valence-electron chi connectivity index (χ1n) is 5.92. The average Bonchev–Trinajstić information content (AvgIpc) is 2.86. The summed E-state index contributed by atoms with van der Waals surface area (Å²) in [5, 5.41) is 17.8. The van der Waals surface area contributed by atoms with E-state index in [0.29, 0.717) is 5.75 Å². The molecule has 2 rings (SSSR count). The van der Waals surface area contributed by atoms with Gasteiger partial charge >= 0.3 is 11.6 Å². The van der Waals surface area contributed by atoms with Crippen LogP contribution >= 0.6 is 0 Å². The molecule has 0 aromatic carbocycles. The summed E-state index contributed by atoms with van der Waals surface area (Å²) in [6.07, 6.45) is 4.32. The van der Waals surface area contributed by atoms with Crippen molar-refractivity contribution < 1.29 is 9.66 Å². The lowest BCUT2D eigenvalue weighted by molar-refractivity contribution is -0.385. The molecule has 0 aliphatic carbocycles. The third-order valence-corrected chi connectivity index (χ3v) is 2.53. The molecule has 0 aliphatic heterocycles. The highest BCUT2D eigenvalue weighted by Crippen LogP contribution is 2.33. The van der Waals surface area contributed by atoms with Gasteiger partial charge in [-0.05, 0) is 13.8 Å². The minimum absolute atomic E-state index is 0.0938. The number of aromatic nitrogens is 4. The Kier molecular flexibility index (Phi) is 3.78. The first-order chi connectivity index (χ1) is 9.52. The van der Waals surface area contributed by atoms with E-state index < -0.39 is 4.92 Å². The van der Waals surface area contributed by atoms with E-state index in [-0.39, 0.29) is 23.4 Å². The Bertz CT molecular complexity index is 624. The molecule has 2 aromatic heterocycles. The van der Waals surface area contributed by atoms with Crippen molar-refractivity contribution in [2.45, 2.75) is 19.9 Å². The number of rotatable bonds is 5. The second-order valence-corrected chi connectivity index (χ2v) is 4.24. The van der Waals surface area contributed by atoms with Gasteiger partial charge in [0.1, 0.15) is 6.33 Å². The summed E-state index contributed by atoms with van der Waals surface area (Å²) in [6, 6.07) is 0.167. The topological polar surface area (TPSA) is 108 Å². The SMILES string of the molecule is CNc1ncnc(Oc2cnn(C(C)C)c2)c1[N+](=O)[O-]. The molecule has 9 nitrogen and oxygen atoms in total. The van der Waals surface area contributed by atoms with E-state index in [2.05, 4.69) is 20.4 Å². The van der Waals surface area contributed by atoms with Crippen molar-refractivity contribution in [3.05, 3.63) is 28.8 Å². The Balaban J connectivity index is 2.35. The van der Waals surface area contributed by atoms with Crippen LogP contribution in [0.1, 0.15) is 19.9 Å². The monoisotopic (exact) mass is 278 g/mol. The molecule has 0 unspecified atom stereocenters. The van der Waals surface area contributed by atoms with Gasteiger partial charge in [0.15, 0.2) is 5.75 Å². The molecule has 0 bridgehead atoms. The molecule has 9 heteroatoms. The smallest absolute Gasteiger partial charge is 0.373 e. The van der Waals surface area contributed by atoms with Gasteiger partial charge in [0.2, 0.25) is 5.82 Å². The van der Waals surface area contributed by atoms with Crippen LogP contribution in [0.15, 0.2) is 18.7 Å². The van der Waals surface area contributed by atoms with Crippen molar-refractivity contribution in [1.29, 1.82) is 0 Å². The highest BCUT2D eigenvalue weighted by Gasteiger charge is 2.24. The lowest BCUT2D eigenvalue weighted by atomic mass is 10.4. The van der Waals surface area contributed by atoms with Gasteiger partial charge < -0.3 is 10.1 Å². The number of ether oxygens (including phenoxy) is 1. The van der Waals surface area contributed by atoms with Gasteiger partial charge in [0.25, 0.3) is 0 Å². The van der Waals surface area contributed by atoms with Gasteiger partial charge in [-0.15, -0.1) is 0 Å². The third kappa shape index (κ3) is 2.66. The fourth-order valence-corrected chi connectivity index (χ4v) is 1.55. The van der Waals surface area contributed by atoms with Gasteiger partial charge in [-0.3, -0.25) is 14.8 Å². The summed E-state index contributed by atoms with van der Waals surface area (Å²) >= 11 is 0. The second kappa shape index (κ2) is 5.51. The van der Waals surface area contributed by atoms with Crippen LogP contribution < -0.4 is 10.1 Å². The molecule has 106 valence electrons. The summed E-state index contributed by atoms with van der Waals surface area (Å²) in [4.78, 5) is 18.1. The zero-order valence-corrected chi connectivity index (χ0v) is 11.3. The summed E-state index contributed by atoms with van der Waals surface area (Å²) in [5.74, 6) is 0.344. The van der Waals surface area contributed by atoms with E-state index in [1.807, 2.05) is 13.8 Å². The van der Waals surface area contributed by atoms with E-state index in [9.17, 15) is 10.1 Å². The van der Waals surface area contributed by atoms with E-state index in [0.717, 1.165) is 0 Å². The lowest BCUT2D eigenvalue weighted by Crippen LogP contribution is -2.03. The average molecular weight is 278 g/mol. The molecule has 0 radical (unpaired) electrons. The predicted octanol–water partition coefficient (Wildman–Crippen LogP) is 2.00. The Hall–Kier alpha value is -2.71. The van der Waals surface area contributed by atoms with Crippen LogP contribution in [0.2, 0.25) is 0 Å². The van der Waals surface area contributed by atoms with Crippen LogP contribution in [0.4, 0.5) is 11.5 Å². The molecule has 0 saturated carbocycles. The minimum Gasteiger partial charge on any atom is -0.430 e. The highest BCUT2D eigenvalue weighted by atomic mass is 16.6. The molecule has 0 aliphatic rings. The van der Waals surface area contributed by atoms with E-state index in [1.165, 1.54) is 19.6 Å². The Morgan fingerprint density at radius 1 is 1.45 bits per heavy atom. The summed E-state index contributed by atoms with van der Waals surface area (Å²) in [7, 11) is 1.54. The predicted molar refractivity (Wildman–Crippen MR) is 70.9 cm³/mol. The maximum Gasteiger partial charge on any atom is 0.373 e. The number of nitrogens with one attached hydrogen (secondary N) is 1. The van der Waals surface area contributed by atoms with Crippen LogP contribution in [-0.4, -0.2) is 31.7 Å². The number of nitro groups is 1. The molecule has 20 heavy (non-hydrogen) atoms. The van der Waals surface area contributed by atoms with Crippen molar-refractivity contribution >= 4 is 11.5 Å². The third-order valence-electron chi connectivity index (χ3n) is 2.53. The van der Waals surface area contributed by atoms with Gasteiger partial charge in [-0.2, -0.15) is 10.1 Å². The first-order valence-corrected chi connectivity index (χ1v) is 5.92. The lowest BCUT2D eigenvalue weighted by Gasteiger charge is -2.06. The maximum absolute atomic E-state index is 11.1. The zero-order chi connectivity index (χ0) is 14.7. The first kappa shape index (κ1) is 13.7. The molecule has 0 amide bonds. The van der Waals surface area contributed by atoms with E-state index in [1.54, 1.807) is 10.9 Å². The van der Waals surface area contributed by atoms with Crippen LogP contribution in [-0.2, 0) is 0 Å². The summed E-state index contributed by atoms with van der Waals surface area (Å²) in [5.41, 5.74) is -0.313. The second-order valence-electron chi connectivity index (χ2n) is 4.24. The maximum atomic E-state index is 11.1. The largest absolute Gasteiger partial charge is 0.430 e. The fourth-order valence-electron chi connectivity index (χ4n) is 1.55. The molecular formula is C11H14N6O3. The van der Waals surface area contributed by atoms with Crippen molar-refractivity contribution in [2.24, 2.45) is 0 Å². The number of anilines is 1. The quantitative estimate of drug-likeness (QED) is 0.658. The molecule has 1 N–H and O–H groups in total. The summed E-state index contributed by atoms with van der Waals surface area (Å²) in [6.45, 7) is 3.92.